The molecule has 0 unspecified atom stereocenters. The first-order chi connectivity index (χ1) is 25.9. The van der Waals surface area contributed by atoms with Gasteiger partial charge in [-0.2, -0.15) is 0 Å². The SMILES string of the molecule is C.O=C(CCNCCCn1ccnc1)N[C@@H]1CCN(c2c(F)cc3c(=O)c(C(=O)N4CCOCC4)cn4c3c2Oc2cc3c(cc2-4)oc2ccccc23)C1. The molecule has 2 amide bonds. The van der Waals surface area contributed by atoms with Gasteiger partial charge in [0.25, 0.3) is 5.91 Å². The van der Waals surface area contributed by atoms with Crippen LogP contribution in [-0.2, 0) is 16.1 Å². The minimum Gasteiger partial charge on any atom is -0.456 e. The van der Waals surface area contributed by atoms with Crippen LogP contribution < -0.4 is 25.7 Å². The number of imidazole rings is 1. The Labute approximate surface area is 310 Å². The molecule has 0 radical (unpaired) electrons. The highest BCUT2D eigenvalue weighted by Gasteiger charge is 2.35. The van der Waals surface area contributed by atoms with Crippen molar-refractivity contribution in [1.29, 1.82) is 0 Å². The van der Waals surface area contributed by atoms with Crippen LogP contribution in [0.4, 0.5) is 10.1 Å². The fraction of sp³-hybridized carbons (Fsp3) is 0.350. The monoisotopic (exact) mass is 735 g/mol. The van der Waals surface area contributed by atoms with Gasteiger partial charge < -0.3 is 43.5 Å². The van der Waals surface area contributed by atoms with E-state index in [0.29, 0.717) is 86.9 Å². The number of para-hydroxylation sites is 1. The summed E-state index contributed by atoms with van der Waals surface area (Å²) in [6.07, 6.45) is 8.86. The van der Waals surface area contributed by atoms with Gasteiger partial charge in [-0.05, 0) is 37.6 Å². The van der Waals surface area contributed by atoms with Gasteiger partial charge in [-0.15, -0.1) is 0 Å². The zero-order valence-electron chi connectivity index (χ0n) is 29.0. The minimum atomic E-state index is -0.641. The number of morpholine rings is 1. The average Bonchev–Trinajstić information content (AvgIpc) is 3.94. The predicted octanol–water partition coefficient (Wildman–Crippen LogP) is 5.20. The molecule has 3 aromatic heterocycles. The van der Waals surface area contributed by atoms with Crippen LogP contribution in [0.1, 0.15) is 37.0 Å². The van der Waals surface area contributed by atoms with Crippen LogP contribution in [0.25, 0.3) is 38.5 Å². The van der Waals surface area contributed by atoms with Crippen LogP contribution in [0.2, 0.25) is 0 Å². The molecule has 3 aliphatic rings. The van der Waals surface area contributed by atoms with Gasteiger partial charge in [0, 0.05) is 87.2 Å². The van der Waals surface area contributed by atoms with Crippen molar-refractivity contribution in [2.75, 3.05) is 57.4 Å². The second-order valence-corrected chi connectivity index (χ2v) is 13.7. The molecule has 14 heteroatoms. The topological polar surface area (TPSA) is 136 Å². The second kappa shape index (κ2) is 14.6. The summed E-state index contributed by atoms with van der Waals surface area (Å²) < 4.78 is 38.5. The highest BCUT2D eigenvalue weighted by molar-refractivity contribution is 6.07. The van der Waals surface area contributed by atoms with Crippen molar-refractivity contribution in [3.05, 3.63) is 89.0 Å². The number of furan rings is 1. The van der Waals surface area contributed by atoms with Gasteiger partial charge in [0.15, 0.2) is 17.3 Å². The summed E-state index contributed by atoms with van der Waals surface area (Å²) in [5, 5.41) is 8.18. The number of halogens is 1. The van der Waals surface area contributed by atoms with Crippen molar-refractivity contribution < 1.29 is 27.9 Å². The Hall–Kier alpha value is -5.73. The lowest BCUT2D eigenvalue weighted by atomic mass is 10.0. The number of carbonyl (C=O) groups is 2. The Kier molecular flexibility index (Phi) is 9.54. The molecule has 2 saturated heterocycles. The number of fused-ring (bicyclic) bond motifs is 5. The summed E-state index contributed by atoms with van der Waals surface area (Å²) in [6, 6.07) is 12.4. The molecule has 1 atom stereocenters. The van der Waals surface area contributed by atoms with Gasteiger partial charge >= 0.3 is 0 Å². The van der Waals surface area contributed by atoms with Gasteiger partial charge in [0.2, 0.25) is 11.3 Å². The molecule has 0 aliphatic carbocycles. The fourth-order valence-electron chi connectivity index (χ4n) is 7.72. The molecule has 3 aliphatic heterocycles. The van der Waals surface area contributed by atoms with E-state index < -0.39 is 17.2 Å². The first kappa shape index (κ1) is 35.3. The van der Waals surface area contributed by atoms with Crippen molar-refractivity contribution in [3.63, 3.8) is 0 Å². The first-order valence-corrected chi connectivity index (χ1v) is 18.1. The molecule has 3 aromatic carbocycles. The molecule has 0 spiro atoms. The van der Waals surface area contributed by atoms with Crippen molar-refractivity contribution in [1.82, 2.24) is 29.7 Å². The predicted molar refractivity (Wildman–Crippen MR) is 203 cm³/mol. The van der Waals surface area contributed by atoms with Crippen LogP contribution in [-0.4, -0.2) is 89.4 Å². The van der Waals surface area contributed by atoms with Gasteiger partial charge in [0.05, 0.1) is 30.6 Å². The number of benzene rings is 3. The maximum absolute atomic E-state index is 16.5. The molecule has 280 valence electrons. The van der Waals surface area contributed by atoms with E-state index in [1.54, 1.807) is 28.2 Å². The molecule has 54 heavy (non-hydrogen) atoms. The summed E-state index contributed by atoms with van der Waals surface area (Å²) in [5.74, 6) is -0.534. The third kappa shape index (κ3) is 6.34. The summed E-state index contributed by atoms with van der Waals surface area (Å²) in [7, 11) is 0. The number of aromatic nitrogens is 3. The third-order valence-electron chi connectivity index (χ3n) is 10.4. The Morgan fingerprint density at radius 1 is 1.00 bits per heavy atom. The van der Waals surface area contributed by atoms with Crippen LogP contribution >= 0.6 is 0 Å². The smallest absolute Gasteiger partial charge is 0.259 e. The molecule has 2 fully saturated rings. The van der Waals surface area contributed by atoms with Gasteiger partial charge in [-0.1, -0.05) is 25.6 Å². The number of carbonyl (C=O) groups excluding carboxylic acids is 2. The number of aryl methyl sites for hydroxylation is 1. The lowest BCUT2D eigenvalue weighted by Crippen LogP contribution is -2.42. The van der Waals surface area contributed by atoms with E-state index in [1.165, 1.54) is 6.07 Å². The molecule has 6 heterocycles. The zero-order valence-corrected chi connectivity index (χ0v) is 29.0. The molecule has 0 bridgehead atoms. The van der Waals surface area contributed by atoms with E-state index in [9.17, 15) is 14.4 Å². The van der Waals surface area contributed by atoms with Gasteiger partial charge in [-0.25, -0.2) is 9.37 Å². The number of nitrogens with one attached hydrogen (secondary N) is 2. The van der Waals surface area contributed by atoms with E-state index in [2.05, 4.69) is 15.6 Å². The highest BCUT2D eigenvalue weighted by atomic mass is 19.1. The molecule has 2 N–H and O–H groups in total. The number of anilines is 1. The zero-order chi connectivity index (χ0) is 36.1. The van der Waals surface area contributed by atoms with Crippen molar-refractivity contribution >= 4 is 50.3 Å². The quantitative estimate of drug-likeness (QED) is 0.182. The number of ether oxygens (including phenoxy) is 2. The average molecular weight is 736 g/mol. The molecule has 0 saturated carbocycles. The maximum atomic E-state index is 16.5. The minimum absolute atomic E-state index is 0. The number of pyridine rings is 1. The Balaban J connectivity index is 0.00000413. The van der Waals surface area contributed by atoms with E-state index >= 15 is 4.39 Å². The Morgan fingerprint density at radius 3 is 2.69 bits per heavy atom. The summed E-state index contributed by atoms with van der Waals surface area (Å²) in [4.78, 5) is 48.2. The largest absolute Gasteiger partial charge is 0.456 e. The Morgan fingerprint density at radius 2 is 1.85 bits per heavy atom. The number of rotatable bonds is 10. The number of hydrogen-bond donors (Lipinski definition) is 2. The van der Waals surface area contributed by atoms with Crippen LogP contribution in [0.3, 0.4) is 0 Å². The fourth-order valence-corrected chi connectivity index (χ4v) is 7.72. The standard InChI is InChI=1S/C39H38FN7O6.CH4/c40-29-18-27-35-38(36(29)46-12-7-24(21-46)43-34(48)6-9-41-8-3-11-44-13-10-42-23-44)53-33-19-26-25-4-1-2-5-31(25)52-32(26)20-30(33)47(35)22-28(37(27)49)39(50)45-14-16-51-17-15-45;/h1-2,4-5,10,13,18-20,22-24,41H,3,6-9,11-12,14-17,21H2,(H,43,48);1H4/t24-;/m1./s1. The van der Waals surface area contributed by atoms with Crippen LogP contribution in [0.5, 0.6) is 11.5 Å². The summed E-state index contributed by atoms with van der Waals surface area (Å²) in [5.41, 5.74) is 1.80. The first-order valence-electron chi connectivity index (χ1n) is 18.1. The van der Waals surface area contributed by atoms with Crippen LogP contribution in [0, 0.1) is 5.82 Å². The summed E-state index contributed by atoms with van der Waals surface area (Å²) in [6.45, 7) is 4.46. The Bertz CT molecular complexity index is 2440. The molecular weight excluding hydrogens is 693 g/mol. The lowest BCUT2D eigenvalue weighted by Gasteiger charge is -2.30. The molecule has 9 rings (SSSR count). The van der Waals surface area contributed by atoms with E-state index in [-0.39, 0.29) is 41.8 Å². The normalized spacial score (nSPS) is 16.4. The van der Waals surface area contributed by atoms with Crippen molar-refractivity contribution in [2.24, 2.45) is 0 Å². The number of nitrogens with zero attached hydrogens (tertiary/aromatic N) is 5. The lowest BCUT2D eigenvalue weighted by molar-refractivity contribution is -0.121. The van der Waals surface area contributed by atoms with E-state index in [1.807, 2.05) is 52.1 Å². The third-order valence-corrected chi connectivity index (χ3v) is 10.4. The van der Waals surface area contributed by atoms with Crippen molar-refractivity contribution in [2.45, 2.75) is 39.3 Å². The van der Waals surface area contributed by atoms with Crippen LogP contribution in [0.15, 0.2) is 76.6 Å². The molecule has 6 aromatic rings. The number of hydrogen-bond acceptors (Lipinski definition) is 9. The van der Waals surface area contributed by atoms with E-state index in [0.717, 1.165) is 30.3 Å². The van der Waals surface area contributed by atoms with Gasteiger partial charge in [0.1, 0.15) is 27.9 Å². The van der Waals surface area contributed by atoms with Gasteiger partial charge in [-0.3, -0.25) is 14.4 Å². The highest BCUT2D eigenvalue weighted by Crippen LogP contribution is 2.49. The van der Waals surface area contributed by atoms with E-state index in [4.69, 9.17) is 13.9 Å². The van der Waals surface area contributed by atoms with Crippen molar-refractivity contribution in [3.8, 4) is 17.2 Å². The molecule has 13 nitrogen and oxygen atoms in total. The summed E-state index contributed by atoms with van der Waals surface area (Å²) >= 11 is 0. The molecular formula is C40H42FN7O6. The maximum Gasteiger partial charge on any atom is 0.259 e. The second-order valence-electron chi connectivity index (χ2n) is 13.7. The number of amides is 2.